The second-order valence-corrected chi connectivity index (χ2v) is 9.81. The number of carbonyl (C=O) groups is 1. The van der Waals surface area contributed by atoms with Crippen LogP contribution in [0.4, 0.5) is 5.69 Å². The van der Waals surface area contributed by atoms with Gasteiger partial charge in [0, 0.05) is 28.7 Å². The molecule has 2 bridgehead atoms. The summed E-state index contributed by atoms with van der Waals surface area (Å²) in [4.78, 5) is 14.2. The minimum Gasteiger partial charge on any atom is -0.347 e. The van der Waals surface area contributed by atoms with E-state index in [1.807, 2.05) is 24.3 Å². The molecule has 2 aliphatic heterocycles. The van der Waals surface area contributed by atoms with Crippen LogP contribution in [0.15, 0.2) is 36.4 Å². The Kier molecular flexibility index (Phi) is 4.50. The molecule has 1 amide bonds. The third-order valence-corrected chi connectivity index (χ3v) is 6.66. The summed E-state index contributed by atoms with van der Waals surface area (Å²) < 4.78 is 25.0. The predicted octanol–water partition coefficient (Wildman–Crippen LogP) is 2.41. The number of rotatable bonds is 5. The lowest BCUT2D eigenvalue weighted by Gasteiger charge is -2.20. The van der Waals surface area contributed by atoms with E-state index in [0.29, 0.717) is 22.6 Å². The van der Waals surface area contributed by atoms with Crippen LogP contribution in [0.1, 0.15) is 28.9 Å². The fraction of sp³-hybridized carbons (Fsp3) is 0.389. The molecule has 0 unspecified atom stereocenters. The molecular weight excluding hydrogens is 370 g/mol. The average Bonchev–Trinajstić information content (AvgIpc) is 3.30. The van der Waals surface area contributed by atoms with Gasteiger partial charge in [0.05, 0.1) is 11.1 Å². The van der Waals surface area contributed by atoms with Crippen molar-refractivity contribution in [2.24, 2.45) is 0 Å². The quantitative estimate of drug-likeness (QED) is 0.730. The van der Waals surface area contributed by atoms with Gasteiger partial charge in [-0.15, -0.1) is 11.3 Å². The normalized spacial score (nSPS) is 24.6. The third-order valence-electron chi connectivity index (χ3n) is 4.92. The Morgan fingerprint density at radius 3 is 2.54 bits per heavy atom. The largest absolute Gasteiger partial charge is 0.347 e. The summed E-state index contributed by atoms with van der Waals surface area (Å²) in [5.74, 6) is -0.0176. The number of nitrogens with one attached hydrogen (secondary N) is 3. The van der Waals surface area contributed by atoms with Crippen LogP contribution >= 0.6 is 11.3 Å². The number of sulfonamides is 1. The third kappa shape index (κ3) is 3.77. The Labute approximate surface area is 157 Å². The summed E-state index contributed by atoms with van der Waals surface area (Å²) in [6.07, 6.45) is 4.49. The summed E-state index contributed by atoms with van der Waals surface area (Å²) in [5, 5.41) is 6.69. The summed E-state index contributed by atoms with van der Waals surface area (Å²) in [7, 11) is -3.28. The molecule has 0 radical (unpaired) electrons. The fourth-order valence-electron chi connectivity index (χ4n) is 3.75. The molecule has 3 N–H and O–H groups in total. The molecule has 8 heteroatoms. The molecule has 2 aliphatic rings. The number of anilines is 1. The van der Waals surface area contributed by atoms with Crippen molar-refractivity contribution in [3.05, 3.63) is 41.3 Å². The lowest BCUT2D eigenvalue weighted by atomic mass is 9.95. The molecule has 2 fully saturated rings. The minimum absolute atomic E-state index is 0.0176. The Morgan fingerprint density at radius 1 is 1.15 bits per heavy atom. The standard InChI is InChI=1S/C18H21N3O3S2/c1-26(23,24)21-12-4-2-11(3-5-12)16-8-9-17(25-16)18(22)20-15-10-13-6-7-14(15)19-13/h2-5,8-9,13-15,19,21H,6-7,10H2,1H3,(H,20,22)/t13-,14-,15+/m0/s1. The first kappa shape index (κ1) is 17.5. The number of thiophene rings is 1. The molecule has 138 valence electrons. The maximum Gasteiger partial charge on any atom is 0.261 e. The number of fused-ring (bicyclic) bond motifs is 2. The van der Waals surface area contributed by atoms with Crippen molar-refractivity contribution in [2.75, 3.05) is 11.0 Å². The van der Waals surface area contributed by atoms with Crippen LogP contribution in [0.2, 0.25) is 0 Å². The number of amides is 1. The van der Waals surface area contributed by atoms with Gasteiger partial charge < -0.3 is 10.6 Å². The lowest BCUT2D eigenvalue weighted by molar-refractivity contribution is 0.0935. The first-order chi connectivity index (χ1) is 12.4. The molecule has 6 nitrogen and oxygen atoms in total. The van der Waals surface area contributed by atoms with E-state index in [0.717, 1.165) is 29.5 Å². The van der Waals surface area contributed by atoms with Gasteiger partial charge in [-0.1, -0.05) is 12.1 Å². The molecule has 0 saturated carbocycles. The average molecular weight is 392 g/mol. The number of hydrogen-bond acceptors (Lipinski definition) is 5. The highest BCUT2D eigenvalue weighted by Gasteiger charge is 2.39. The maximum absolute atomic E-state index is 12.5. The molecule has 0 spiro atoms. The molecule has 26 heavy (non-hydrogen) atoms. The van der Waals surface area contributed by atoms with Crippen molar-refractivity contribution in [1.82, 2.24) is 10.6 Å². The van der Waals surface area contributed by atoms with E-state index in [2.05, 4.69) is 15.4 Å². The Balaban J connectivity index is 1.43. The van der Waals surface area contributed by atoms with Gasteiger partial charge in [0.25, 0.3) is 5.91 Å². The monoisotopic (exact) mass is 391 g/mol. The lowest BCUT2D eigenvalue weighted by Crippen LogP contribution is -2.42. The van der Waals surface area contributed by atoms with Crippen molar-refractivity contribution in [1.29, 1.82) is 0 Å². The molecule has 1 aromatic carbocycles. The predicted molar refractivity (Wildman–Crippen MR) is 104 cm³/mol. The van der Waals surface area contributed by atoms with Gasteiger partial charge in [-0.2, -0.15) is 0 Å². The molecular formula is C18H21N3O3S2. The van der Waals surface area contributed by atoms with Crippen LogP contribution in [0, 0.1) is 0 Å². The second-order valence-electron chi connectivity index (χ2n) is 6.98. The van der Waals surface area contributed by atoms with E-state index in [-0.39, 0.29) is 11.9 Å². The van der Waals surface area contributed by atoms with Crippen molar-refractivity contribution in [3.8, 4) is 10.4 Å². The summed E-state index contributed by atoms with van der Waals surface area (Å²) in [5.41, 5.74) is 1.48. The highest BCUT2D eigenvalue weighted by atomic mass is 32.2. The van der Waals surface area contributed by atoms with Crippen LogP contribution in [0.25, 0.3) is 10.4 Å². The highest BCUT2D eigenvalue weighted by molar-refractivity contribution is 7.92. The van der Waals surface area contributed by atoms with Crippen molar-refractivity contribution in [2.45, 2.75) is 37.4 Å². The van der Waals surface area contributed by atoms with Crippen molar-refractivity contribution in [3.63, 3.8) is 0 Å². The summed E-state index contributed by atoms with van der Waals surface area (Å²) >= 11 is 1.45. The first-order valence-corrected chi connectivity index (χ1v) is 11.3. The van der Waals surface area contributed by atoms with Crippen LogP contribution in [-0.2, 0) is 10.0 Å². The van der Waals surface area contributed by atoms with Crippen LogP contribution < -0.4 is 15.4 Å². The molecule has 2 aromatic rings. The van der Waals surface area contributed by atoms with E-state index >= 15 is 0 Å². The van der Waals surface area contributed by atoms with Crippen molar-refractivity contribution >= 4 is 33.0 Å². The van der Waals surface area contributed by atoms with E-state index in [9.17, 15) is 13.2 Å². The molecule has 3 heterocycles. The molecule has 0 aliphatic carbocycles. The van der Waals surface area contributed by atoms with E-state index < -0.39 is 10.0 Å². The summed E-state index contributed by atoms with van der Waals surface area (Å²) in [6.45, 7) is 0. The zero-order chi connectivity index (χ0) is 18.3. The van der Waals surface area contributed by atoms with Gasteiger partial charge in [0.1, 0.15) is 0 Å². The zero-order valence-electron chi connectivity index (χ0n) is 14.4. The smallest absolute Gasteiger partial charge is 0.261 e. The molecule has 3 atom stereocenters. The topological polar surface area (TPSA) is 87.3 Å². The van der Waals surface area contributed by atoms with E-state index in [1.165, 1.54) is 17.8 Å². The van der Waals surface area contributed by atoms with Gasteiger partial charge in [-0.25, -0.2) is 8.42 Å². The van der Waals surface area contributed by atoms with E-state index in [4.69, 9.17) is 0 Å². The highest BCUT2D eigenvalue weighted by Crippen LogP contribution is 2.31. The van der Waals surface area contributed by atoms with Crippen LogP contribution in [-0.4, -0.2) is 38.7 Å². The van der Waals surface area contributed by atoms with Gasteiger partial charge in [0.15, 0.2) is 0 Å². The number of carbonyl (C=O) groups excluding carboxylic acids is 1. The Bertz CT molecular complexity index is 921. The maximum atomic E-state index is 12.5. The van der Waals surface area contributed by atoms with Crippen molar-refractivity contribution < 1.29 is 13.2 Å². The number of benzene rings is 1. The fourth-order valence-corrected chi connectivity index (χ4v) is 5.23. The minimum atomic E-state index is -3.28. The SMILES string of the molecule is CS(=O)(=O)Nc1ccc(-c2ccc(C(=O)N[C@@H]3C[C@@H]4CC[C@@H]3N4)s2)cc1. The second kappa shape index (κ2) is 6.68. The van der Waals surface area contributed by atoms with Gasteiger partial charge in [-0.05, 0) is 49.1 Å². The molecule has 1 aromatic heterocycles. The summed E-state index contributed by atoms with van der Waals surface area (Å²) in [6, 6.07) is 12.1. The van der Waals surface area contributed by atoms with Crippen LogP contribution in [0.5, 0.6) is 0 Å². The van der Waals surface area contributed by atoms with Gasteiger partial charge in [-0.3, -0.25) is 9.52 Å². The first-order valence-electron chi connectivity index (χ1n) is 8.62. The Hall–Kier alpha value is -1.90. The Morgan fingerprint density at radius 2 is 1.92 bits per heavy atom. The van der Waals surface area contributed by atoms with Gasteiger partial charge >= 0.3 is 0 Å². The van der Waals surface area contributed by atoms with E-state index in [1.54, 1.807) is 12.1 Å². The molecule has 2 saturated heterocycles. The number of hydrogen-bond donors (Lipinski definition) is 3. The van der Waals surface area contributed by atoms with Gasteiger partial charge in [0.2, 0.25) is 10.0 Å². The zero-order valence-corrected chi connectivity index (χ0v) is 16.0. The van der Waals surface area contributed by atoms with Crippen LogP contribution in [0.3, 0.4) is 0 Å². The molecule has 4 rings (SSSR count).